The number of hydrazine groups is 1. The fourth-order valence-corrected chi connectivity index (χ4v) is 2.22. The van der Waals surface area contributed by atoms with Crippen molar-refractivity contribution < 1.29 is 24.0 Å². The molecule has 2 N–H and O–H groups in total. The first-order valence-corrected chi connectivity index (χ1v) is 8.11. The molecule has 0 unspecified atom stereocenters. The third kappa shape index (κ3) is 5.43. The van der Waals surface area contributed by atoms with Crippen LogP contribution < -0.4 is 20.3 Å². The van der Waals surface area contributed by atoms with E-state index in [1.165, 1.54) is 25.1 Å². The molecule has 9 nitrogen and oxygen atoms in total. The van der Waals surface area contributed by atoms with Gasteiger partial charge in [0, 0.05) is 17.2 Å². The number of ether oxygens (including phenoxy) is 2. The SMILES string of the molecule is CCOc1ccccc1OCC(=O)NNC(=O)c1ccc([N+](=O)[O-])c(C)c1. The van der Waals surface area contributed by atoms with Crippen molar-refractivity contribution in [3.8, 4) is 11.5 Å². The number of hydrogen-bond acceptors (Lipinski definition) is 6. The normalized spacial score (nSPS) is 10.0. The number of nitro benzene ring substituents is 1. The van der Waals surface area contributed by atoms with E-state index in [1.54, 1.807) is 24.3 Å². The molecule has 2 aromatic carbocycles. The second-order valence-corrected chi connectivity index (χ2v) is 5.43. The Balaban J connectivity index is 1.87. The molecule has 2 amide bonds. The molecule has 0 aliphatic carbocycles. The zero-order valence-electron chi connectivity index (χ0n) is 14.9. The highest BCUT2D eigenvalue weighted by molar-refractivity contribution is 5.95. The number of nitro groups is 1. The lowest BCUT2D eigenvalue weighted by atomic mass is 10.1. The van der Waals surface area contributed by atoms with Crippen LogP contribution >= 0.6 is 0 Å². The minimum atomic E-state index is -0.601. The van der Waals surface area contributed by atoms with Crippen LogP contribution in [-0.2, 0) is 4.79 Å². The summed E-state index contributed by atoms with van der Waals surface area (Å²) in [6, 6.07) is 10.8. The number of nitrogens with one attached hydrogen (secondary N) is 2. The predicted molar refractivity (Wildman–Crippen MR) is 96.5 cm³/mol. The minimum absolute atomic E-state index is 0.0862. The summed E-state index contributed by atoms with van der Waals surface area (Å²) in [4.78, 5) is 34.2. The summed E-state index contributed by atoms with van der Waals surface area (Å²) in [6.45, 7) is 3.48. The molecule has 0 fully saturated rings. The van der Waals surface area contributed by atoms with E-state index in [1.807, 2.05) is 6.92 Å². The summed E-state index contributed by atoms with van der Waals surface area (Å²) in [7, 11) is 0. The maximum atomic E-state index is 12.0. The van der Waals surface area contributed by atoms with Crippen LogP contribution in [0.25, 0.3) is 0 Å². The summed E-state index contributed by atoms with van der Waals surface area (Å²) < 4.78 is 10.8. The van der Waals surface area contributed by atoms with Crippen molar-refractivity contribution >= 4 is 17.5 Å². The molecule has 0 bridgehead atoms. The summed E-state index contributed by atoms with van der Waals surface area (Å²) in [5.74, 6) is -0.255. The van der Waals surface area contributed by atoms with E-state index in [2.05, 4.69) is 10.9 Å². The van der Waals surface area contributed by atoms with Crippen molar-refractivity contribution in [2.45, 2.75) is 13.8 Å². The minimum Gasteiger partial charge on any atom is -0.490 e. The maximum absolute atomic E-state index is 12.0. The van der Waals surface area contributed by atoms with Crippen molar-refractivity contribution in [3.05, 3.63) is 63.7 Å². The van der Waals surface area contributed by atoms with Gasteiger partial charge in [-0.15, -0.1) is 0 Å². The van der Waals surface area contributed by atoms with Gasteiger partial charge in [-0.2, -0.15) is 0 Å². The molecule has 2 rings (SSSR count). The van der Waals surface area contributed by atoms with E-state index in [4.69, 9.17) is 9.47 Å². The van der Waals surface area contributed by atoms with E-state index in [0.717, 1.165) is 0 Å². The monoisotopic (exact) mass is 373 g/mol. The third-order valence-electron chi connectivity index (χ3n) is 3.48. The molecule has 0 spiro atoms. The number of amides is 2. The van der Waals surface area contributed by atoms with Crippen LogP contribution in [0.4, 0.5) is 5.69 Å². The highest BCUT2D eigenvalue weighted by Gasteiger charge is 2.14. The van der Waals surface area contributed by atoms with Gasteiger partial charge in [0.2, 0.25) is 0 Å². The predicted octanol–water partition coefficient (Wildman–Crippen LogP) is 2.14. The molecule has 27 heavy (non-hydrogen) atoms. The van der Waals surface area contributed by atoms with Crippen LogP contribution in [0, 0.1) is 17.0 Å². The number of nitrogens with zero attached hydrogens (tertiary/aromatic N) is 1. The number of aryl methyl sites for hydroxylation is 1. The van der Waals surface area contributed by atoms with Crippen molar-refractivity contribution in [3.63, 3.8) is 0 Å². The van der Waals surface area contributed by atoms with Crippen LogP contribution in [0.1, 0.15) is 22.8 Å². The smallest absolute Gasteiger partial charge is 0.276 e. The van der Waals surface area contributed by atoms with Gasteiger partial charge in [-0.05, 0) is 38.1 Å². The summed E-state index contributed by atoms with van der Waals surface area (Å²) in [6.07, 6.45) is 0. The van der Waals surface area contributed by atoms with Crippen molar-refractivity contribution in [1.29, 1.82) is 0 Å². The zero-order valence-corrected chi connectivity index (χ0v) is 14.9. The standard InChI is InChI=1S/C18H19N3O6/c1-3-26-15-6-4-5-7-16(15)27-11-17(22)19-20-18(23)13-8-9-14(21(24)25)12(2)10-13/h4-10H,3,11H2,1-2H3,(H,19,22)(H,20,23). The third-order valence-corrected chi connectivity index (χ3v) is 3.48. The van der Waals surface area contributed by atoms with Crippen LogP contribution in [0.2, 0.25) is 0 Å². The Kier molecular flexibility index (Phi) is 6.70. The fraction of sp³-hybridized carbons (Fsp3) is 0.222. The van der Waals surface area contributed by atoms with E-state index < -0.39 is 16.7 Å². The molecule has 0 atom stereocenters. The quantitative estimate of drug-likeness (QED) is 0.567. The van der Waals surface area contributed by atoms with Crippen LogP contribution in [0.15, 0.2) is 42.5 Å². The Hall–Kier alpha value is -3.62. The summed E-state index contributed by atoms with van der Waals surface area (Å²) >= 11 is 0. The lowest BCUT2D eigenvalue weighted by Gasteiger charge is -2.12. The van der Waals surface area contributed by atoms with Gasteiger partial charge in [-0.25, -0.2) is 0 Å². The van der Waals surface area contributed by atoms with Gasteiger partial charge in [0.25, 0.3) is 17.5 Å². The van der Waals surface area contributed by atoms with E-state index in [0.29, 0.717) is 23.7 Å². The second-order valence-electron chi connectivity index (χ2n) is 5.43. The molecule has 0 heterocycles. The molecule has 0 saturated heterocycles. The topological polar surface area (TPSA) is 120 Å². The summed E-state index contributed by atoms with van der Waals surface area (Å²) in [5, 5.41) is 10.8. The van der Waals surface area contributed by atoms with Crippen LogP contribution in [-0.4, -0.2) is 30.0 Å². The first kappa shape index (κ1) is 19.7. The van der Waals surface area contributed by atoms with Crippen LogP contribution in [0.3, 0.4) is 0 Å². The van der Waals surface area contributed by atoms with E-state index in [9.17, 15) is 19.7 Å². The lowest BCUT2D eigenvalue weighted by molar-refractivity contribution is -0.385. The number of para-hydroxylation sites is 2. The highest BCUT2D eigenvalue weighted by Crippen LogP contribution is 2.26. The molecular formula is C18H19N3O6. The Morgan fingerprint density at radius 1 is 1.07 bits per heavy atom. The lowest BCUT2D eigenvalue weighted by Crippen LogP contribution is -2.43. The molecule has 0 saturated carbocycles. The fourth-order valence-electron chi connectivity index (χ4n) is 2.22. The van der Waals surface area contributed by atoms with Crippen LogP contribution in [0.5, 0.6) is 11.5 Å². The van der Waals surface area contributed by atoms with Gasteiger partial charge in [0.1, 0.15) is 0 Å². The maximum Gasteiger partial charge on any atom is 0.276 e. The first-order chi connectivity index (χ1) is 12.9. The number of rotatable bonds is 7. The van der Waals surface area contributed by atoms with Crippen molar-refractivity contribution in [1.82, 2.24) is 10.9 Å². The van der Waals surface area contributed by atoms with Crippen molar-refractivity contribution in [2.75, 3.05) is 13.2 Å². The first-order valence-electron chi connectivity index (χ1n) is 8.11. The number of carbonyl (C=O) groups is 2. The number of carbonyl (C=O) groups excluding carboxylic acids is 2. The highest BCUT2D eigenvalue weighted by atomic mass is 16.6. The Morgan fingerprint density at radius 3 is 2.33 bits per heavy atom. The van der Waals surface area contributed by atoms with Gasteiger partial charge < -0.3 is 9.47 Å². The Morgan fingerprint density at radius 2 is 1.74 bits per heavy atom. The Bertz CT molecular complexity index is 853. The molecule has 0 aromatic heterocycles. The second kappa shape index (κ2) is 9.18. The average Bonchev–Trinajstić information content (AvgIpc) is 2.65. The van der Waals surface area contributed by atoms with Gasteiger partial charge >= 0.3 is 0 Å². The average molecular weight is 373 g/mol. The van der Waals surface area contributed by atoms with Crippen molar-refractivity contribution in [2.24, 2.45) is 0 Å². The van der Waals surface area contributed by atoms with Gasteiger partial charge in [0.05, 0.1) is 11.5 Å². The molecule has 0 aliphatic rings. The molecule has 9 heteroatoms. The molecular weight excluding hydrogens is 354 g/mol. The molecule has 2 aromatic rings. The zero-order chi connectivity index (χ0) is 19.8. The Labute approximate surface area is 155 Å². The molecule has 142 valence electrons. The summed E-state index contributed by atoms with van der Waals surface area (Å²) in [5.41, 5.74) is 4.89. The number of hydrogen-bond donors (Lipinski definition) is 2. The largest absolute Gasteiger partial charge is 0.490 e. The van der Waals surface area contributed by atoms with Gasteiger partial charge in [-0.1, -0.05) is 12.1 Å². The number of benzene rings is 2. The van der Waals surface area contributed by atoms with E-state index in [-0.39, 0.29) is 17.9 Å². The van der Waals surface area contributed by atoms with E-state index >= 15 is 0 Å². The molecule has 0 aliphatic heterocycles. The van der Waals surface area contributed by atoms with Gasteiger partial charge in [0.15, 0.2) is 18.1 Å². The van der Waals surface area contributed by atoms with Gasteiger partial charge in [-0.3, -0.25) is 30.6 Å². The molecule has 0 radical (unpaired) electrons.